The summed E-state index contributed by atoms with van der Waals surface area (Å²) in [5, 5.41) is 10.4. The van der Waals surface area contributed by atoms with Crippen LogP contribution in [0.25, 0.3) is 0 Å². The van der Waals surface area contributed by atoms with Gasteiger partial charge in [0.25, 0.3) is 0 Å². The van der Waals surface area contributed by atoms with Crippen molar-refractivity contribution in [2.45, 2.75) is 53.1 Å². The van der Waals surface area contributed by atoms with E-state index in [-0.39, 0.29) is 11.4 Å². The van der Waals surface area contributed by atoms with Crippen LogP contribution in [0.3, 0.4) is 0 Å². The van der Waals surface area contributed by atoms with Crippen LogP contribution in [0.2, 0.25) is 0 Å². The first kappa shape index (κ1) is 15.3. The summed E-state index contributed by atoms with van der Waals surface area (Å²) in [6.07, 6.45) is 6.01. The number of hydrogen-bond donors (Lipinski definition) is 1. The number of hydrogen-bond acceptors (Lipinski definition) is 3. The fourth-order valence-corrected chi connectivity index (χ4v) is 3.70. The molecule has 0 radical (unpaired) electrons. The second-order valence-corrected chi connectivity index (χ2v) is 6.63. The highest BCUT2D eigenvalue weighted by Crippen LogP contribution is 2.53. The number of aliphatic hydroxyl groups is 1. The fraction of sp³-hybridized carbons (Fsp3) is 0.706. The van der Waals surface area contributed by atoms with Crippen molar-refractivity contribution in [2.24, 2.45) is 17.3 Å². The van der Waals surface area contributed by atoms with Crippen molar-refractivity contribution < 1.29 is 14.6 Å². The molecular weight excluding hydrogens is 252 g/mol. The van der Waals surface area contributed by atoms with Crippen LogP contribution in [0.4, 0.5) is 0 Å². The average Bonchev–Trinajstić information content (AvgIpc) is 2.60. The standard InChI is InChI=1S/C17H26O3/c1-5-20-16(19)13-6-7-14-12(11(2)3)8-9-17(14,4)10-15(13)18/h6-7,11-12,15,18H,5,8-10H2,1-4H3. The Labute approximate surface area is 121 Å². The van der Waals surface area contributed by atoms with E-state index in [1.807, 2.05) is 0 Å². The molecule has 0 amide bonds. The van der Waals surface area contributed by atoms with Crippen LogP contribution in [-0.4, -0.2) is 23.8 Å². The monoisotopic (exact) mass is 278 g/mol. The number of rotatable bonds is 3. The number of allylic oxidation sites excluding steroid dienone is 3. The molecule has 3 unspecified atom stereocenters. The summed E-state index contributed by atoms with van der Waals surface area (Å²) in [5.74, 6) is 0.768. The van der Waals surface area contributed by atoms with Crippen LogP contribution in [-0.2, 0) is 9.53 Å². The smallest absolute Gasteiger partial charge is 0.336 e. The van der Waals surface area contributed by atoms with Crippen LogP contribution in [0.15, 0.2) is 23.3 Å². The number of fused-ring (bicyclic) bond motifs is 1. The quantitative estimate of drug-likeness (QED) is 0.806. The molecule has 2 aliphatic rings. The zero-order valence-electron chi connectivity index (χ0n) is 13.0. The summed E-state index contributed by atoms with van der Waals surface area (Å²) in [4.78, 5) is 11.9. The van der Waals surface area contributed by atoms with Crippen LogP contribution in [0.5, 0.6) is 0 Å². The molecule has 2 aliphatic carbocycles. The Morgan fingerprint density at radius 2 is 2.20 bits per heavy atom. The molecule has 0 aromatic heterocycles. The van der Waals surface area contributed by atoms with Crippen LogP contribution >= 0.6 is 0 Å². The maximum atomic E-state index is 11.9. The third-order valence-corrected chi connectivity index (χ3v) is 4.86. The predicted molar refractivity (Wildman–Crippen MR) is 79.1 cm³/mol. The molecule has 0 heterocycles. The molecule has 0 aromatic rings. The third-order valence-electron chi connectivity index (χ3n) is 4.86. The Hall–Kier alpha value is -1.09. The third kappa shape index (κ3) is 2.69. The van der Waals surface area contributed by atoms with E-state index in [0.717, 1.165) is 6.42 Å². The van der Waals surface area contributed by atoms with E-state index in [0.29, 0.717) is 30.4 Å². The lowest BCUT2D eigenvalue weighted by Crippen LogP contribution is -2.27. The van der Waals surface area contributed by atoms with Gasteiger partial charge < -0.3 is 9.84 Å². The average molecular weight is 278 g/mol. The van der Waals surface area contributed by atoms with Crippen molar-refractivity contribution >= 4 is 5.97 Å². The van der Waals surface area contributed by atoms with Gasteiger partial charge in [0.1, 0.15) is 0 Å². The van der Waals surface area contributed by atoms with Gasteiger partial charge in [0.15, 0.2) is 0 Å². The van der Waals surface area contributed by atoms with Gasteiger partial charge in [-0.25, -0.2) is 4.79 Å². The second kappa shape index (κ2) is 5.72. The molecule has 1 N–H and O–H groups in total. The number of carbonyl (C=O) groups excluding carboxylic acids is 1. The molecule has 2 rings (SSSR count). The van der Waals surface area contributed by atoms with Crippen molar-refractivity contribution in [2.75, 3.05) is 6.61 Å². The summed E-state index contributed by atoms with van der Waals surface area (Å²) in [7, 11) is 0. The SMILES string of the molecule is CCOC(=O)C1=CC=C2C(C(C)C)CCC2(C)CC1O. The molecule has 1 fully saturated rings. The molecular formula is C17H26O3. The molecule has 112 valence electrons. The van der Waals surface area contributed by atoms with Crippen molar-refractivity contribution in [1.82, 2.24) is 0 Å². The first-order chi connectivity index (χ1) is 9.39. The zero-order valence-corrected chi connectivity index (χ0v) is 13.0. The number of ether oxygens (including phenoxy) is 1. The van der Waals surface area contributed by atoms with Gasteiger partial charge in [-0.2, -0.15) is 0 Å². The molecule has 0 spiro atoms. The highest BCUT2D eigenvalue weighted by Gasteiger charge is 2.44. The molecule has 0 aromatic carbocycles. The maximum Gasteiger partial charge on any atom is 0.336 e. The highest BCUT2D eigenvalue weighted by atomic mass is 16.5. The largest absolute Gasteiger partial charge is 0.463 e. The summed E-state index contributed by atoms with van der Waals surface area (Å²) < 4.78 is 5.04. The number of esters is 1. The fourth-order valence-electron chi connectivity index (χ4n) is 3.70. The maximum absolute atomic E-state index is 11.9. The zero-order chi connectivity index (χ0) is 14.9. The van der Waals surface area contributed by atoms with E-state index in [1.165, 1.54) is 12.0 Å². The van der Waals surface area contributed by atoms with E-state index >= 15 is 0 Å². The highest BCUT2D eigenvalue weighted by molar-refractivity contribution is 5.90. The normalized spacial score (nSPS) is 33.3. The van der Waals surface area contributed by atoms with E-state index in [4.69, 9.17) is 4.74 Å². The summed E-state index contributed by atoms with van der Waals surface area (Å²) >= 11 is 0. The summed E-state index contributed by atoms with van der Waals surface area (Å²) in [6, 6.07) is 0. The van der Waals surface area contributed by atoms with Gasteiger partial charge in [0.05, 0.1) is 18.3 Å². The van der Waals surface area contributed by atoms with E-state index in [9.17, 15) is 9.90 Å². The summed E-state index contributed by atoms with van der Waals surface area (Å²) in [5.41, 5.74) is 1.81. The molecule has 0 aliphatic heterocycles. The van der Waals surface area contributed by atoms with Gasteiger partial charge in [-0.15, -0.1) is 0 Å². The lowest BCUT2D eigenvalue weighted by atomic mass is 9.76. The Morgan fingerprint density at radius 1 is 1.50 bits per heavy atom. The van der Waals surface area contributed by atoms with E-state index in [2.05, 4.69) is 26.8 Å². The Kier molecular flexibility index (Phi) is 4.38. The molecule has 1 saturated carbocycles. The van der Waals surface area contributed by atoms with Crippen LogP contribution in [0.1, 0.15) is 47.0 Å². The lowest BCUT2D eigenvalue weighted by Gasteiger charge is -2.30. The number of aliphatic hydroxyl groups excluding tert-OH is 1. The molecule has 3 nitrogen and oxygen atoms in total. The van der Waals surface area contributed by atoms with Gasteiger partial charge in [-0.05, 0) is 49.5 Å². The first-order valence-electron chi connectivity index (χ1n) is 7.66. The van der Waals surface area contributed by atoms with Gasteiger partial charge in [-0.3, -0.25) is 0 Å². The van der Waals surface area contributed by atoms with E-state index < -0.39 is 6.10 Å². The molecule has 3 heteroatoms. The van der Waals surface area contributed by atoms with Crippen LogP contribution in [0, 0.1) is 17.3 Å². The van der Waals surface area contributed by atoms with Crippen LogP contribution < -0.4 is 0 Å². The minimum Gasteiger partial charge on any atom is -0.463 e. The molecule has 3 atom stereocenters. The topological polar surface area (TPSA) is 46.5 Å². The van der Waals surface area contributed by atoms with Crippen molar-refractivity contribution in [1.29, 1.82) is 0 Å². The first-order valence-corrected chi connectivity index (χ1v) is 7.66. The molecule has 0 bridgehead atoms. The summed E-state index contributed by atoms with van der Waals surface area (Å²) in [6.45, 7) is 8.83. The van der Waals surface area contributed by atoms with Crippen molar-refractivity contribution in [3.8, 4) is 0 Å². The lowest BCUT2D eigenvalue weighted by molar-refractivity contribution is -0.139. The minimum atomic E-state index is -0.723. The predicted octanol–water partition coefficient (Wildman–Crippen LogP) is 3.24. The van der Waals surface area contributed by atoms with Gasteiger partial charge in [0, 0.05) is 0 Å². The number of carbonyl (C=O) groups is 1. The van der Waals surface area contributed by atoms with Crippen molar-refractivity contribution in [3.63, 3.8) is 0 Å². The Bertz CT molecular complexity index is 447. The second-order valence-electron chi connectivity index (χ2n) is 6.63. The van der Waals surface area contributed by atoms with Gasteiger partial charge in [-0.1, -0.05) is 32.4 Å². The Balaban J connectivity index is 2.32. The van der Waals surface area contributed by atoms with Gasteiger partial charge >= 0.3 is 5.97 Å². The minimum absolute atomic E-state index is 0.0130. The molecule has 0 saturated heterocycles. The van der Waals surface area contributed by atoms with E-state index in [1.54, 1.807) is 13.0 Å². The molecule has 20 heavy (non-hydrogen) atoms. The Morgan fingerprint density at radius 3 is 2.80 bits per heavy atom. The van der Waals surface area contributed by atoms with Gasteiger partial charge in [0.2, 0.25) is 0 Å². The van der Waals surface area contributed by atoms with Crippen molar-refractivity contribution in [3.05, 3.63) is 23.3 Å².